The summed E-state index contributed by atoms with van der Waals surface area (Å²) in [5, 5.41) is 3.81. The minimum absolute atomic E-state index is 0.217. The van der Waals surface area contributed by atoms with Crippen LogP contribution in [-0.4, -0.2) is 12.3 Å². The molecule has 0 saturated heterocycles. The van der Waals surface area contributed by atoms with E-state index in [2.05, 4.69) is 5.32 Å². The van der Waals surface area contributed by atoms with E-state index in [4.69, 9.17) is 11.6 Å². The molecule has 4 heteroatoms. The Hall–Kier alpha value is -1.19. The van der Waals surface area contributed by atoms with Gasteiger partial charge in [-0.3, -0.25) is 0 Å². The molecule has 18 heavy (non-hydrogen) atoms. The minimum atomic E-state index is -0.217. The van der Waals surface area contributed by atoms with E-state index in [1.54, 1.807) is 23.9 Å². The van der Waals surface area contributed by atoms with E-state index in [-0.39, 0.29) is 5.82 Å². The van der Waals surface area contributed by atoms with Crippen LogP contribution in [0.5, 0.6) is 0 Å². The second-order valence-corrected chi connectivity index (χ2v) is 5.32. The zero-order chi connectivity index (χ0) is 12.8. The van der Waals surface area contributed by atoms with Crippen LogP contribution < -0.4 is 5.32 Å². The largest absolute Gasteiger partial charge is 0.382 e. The quantitative estimate of drug-likeness (QED) is 0.631. The number of hydrogen-bond donors (Lipinski definition) is 1. The van der Waals surface area contributed by atoms with Gasteiger partial charge >= 0.3 is 0 Å². The summed E-state index contributed by atoms with van der Waals surface area (Å²) >= 11 is 7.59. The molecule has 1 nitrogen and oxygen atoms in total. The molecule has 1 N–H and O–H groups in total. The summed E-state index contributed by atoms with van der Waals surface area (Å²) in [6.07, 6.45) is 0. The van der Waals surface area contributed by atoms with Crippen molar-refractivity contribution in [3.63, 3.8) is 0 Å². The highest BCUT2D eigenvalue weighted by molar-refractivity contribution is 7.99. The fourth-order valence-electron chi connectivity index (χ4n) is 1.52. The van der Waals surface area contributed by atoms with E-state index in [0.29, 0.717) is 12.2 Å². The van der Waals surface area contributed by atoms with Gasteiger partial charge in [0.1, 0.15) is 5.82 Å². The summed E-state index contributed by atoms with van der Waals surface area (Å²) in [6, 6.07) is 14.4. The van der Waals surface area contributed by atoms with Crippen molar-refractivity contribution in [3.8, 4) is 0 Å². The summed E-state index contributed by atoms with van der Waals surface area (Å²) in [5.74, 6) is 0.638. The lowest BCUT2D eigenvalue weighted by atomic mass is 10.3. The Morgan fingerprint density at radius 1 is 1.11 bits per heavy atom. The van der Waals surface area contributed by atoms with Crippen LogP contribution >= 0.6 is 23.4 Å². The van der Waals surface area contributed by atoms with Crippen LogP contribution in [0.2, 0.25) is 5.02 Å². The molecule has 0 aromatic heterocycles. The standard InChI is InChI=1S/C14H13ClFNS/c15-11-4-3-5-12(10-11)18-9-8-17-14-7-2-1-6-13(14)16/h1-7,10,17H,8-9H2. The third kappa shape index (κ3) is 3.93. The lowest BCUT2D eigenvalue weighted by molar-refractivity contribution is 0.630. The summed E-state index contributed by atoms with van der Waals surface area (Å²) in [7, 11) is 0. The van der Waals surface area contributed by atoms with Crippen LogP contribution in [0.25, 0.3) is 0 Å². The van der Waals surface area contributed by atoms with Crippen LogP contribution in [-0.2, 0) is 0 Å². The average Bonchev–Trinajstić information content (AvgIpc) is 2.37. The number of anilines is 1. The van der Waals surface area contributed by atoms with Crippen molar-refractivity contribution in [2.75, 3.05) is 17.6 Å². The van der Waals surface area contributed by atoms with Gasteiger partial charge in [0.15, 0.2) is 0 Å². The minimum Gasteiger partial charge on any atom is -0.382 e. The first-order chi connectivity index (χ1) is 8.75. The lowest BCUT2D eigenvalue weighted by Gasteiger charge is -2.07. The molecule has 0 aliphatic carbocycles. The number of halogens is 2. The van der Waals surface area contributed by atoms with E-state index in [0.717, 1.165) is 15.7 Å². The Balaban J connectivity index is 1.78. The van der Waals surface area contributed by atoms with Crippen LogP contribution in [0.1, 0.15) is 0 Å². The second-order valence-electron chi connectivity index (χ2n) is 3.71. The Kier molecular flexibility index (Phi) is 4.90. The number of thioether (sulfide) groups is 1. The first-order valence-electron chi connectivity index (χ1n) is 5.62. The second kappa shape index (κ2) is 6.66. The fraction of sp³-hybridized carbons (Fsp3) is 0.143. The van der Waals surface area contributed by atoms with Crippen molar-refractivity contribution in [1.82, 2.24) is 0 Å². The van der Waals surface area contributed by atoms with Crippen LogP contribution in [0.4, 0.5) is 10.1 Å². The van der Waals surface area contributed by atoms with Gasteiger partial charge in [-0.1, -0.05) is 29.8 Å². The molecule has 0 aliphatic heterocycles. The van der Waals surface area contributed by atoms with Gasteiger partial charge in [0.25, 0.3) is 0 Å². The third-order valence-corrected chi connectivity index (χ3v) is 3.59. The normalized spacial score (nSPS) is 10.3. The van der Waals surface area contributed by atoms with Crippen molar-refractivity contribution < 1.29 is 4.39 Å². The van der Waals surface area contributed by atoms with Gasteiger partial charge < -0.3 is 5.32 Å². The van der Waals surface area contributed by atoms with E-state index < -0.39 is 0 Å². The number of nitrogens with one attached hydrogen (secondary N) is 1. The van der Waals surface area contributed by atoms with Crippen LogP contribution in [0.3, 0.4) is 0 Å². The molecule has 94 valence electrons. The van der Waals surface area contributed by atoms with E-state index >= 15 is 0 Å². The molecule has 0 heterocycles. The maximum Gasteiger partial charge on any atom is 0.146 e. The Labute approximate surface area is 115 Å². The first-order valence-corrected chi connectivity index (χ1v) is 6.99. The van der Waals surface area contributed by atoms with Gasteiger partial charge in [-0.15, -0.1) is 11.8 Å². The molecular formula is C14H13ClFNS. The fourth-order valence-corrected chi connectivity index (χ4v) is 2.60. The molecule has 2 rings (SSSR count). The molecule has 0 unspecified atom stereocenters. The van der Waals surface area contributed by atoms with Crippen molar-refractivity contribution in [1.29, 1.82) is 0 Å². The molecule has 0 spiro atoms. The Morgan fingerprint density at radius 2 is 1.94 bits per heavy atom. The van der Waals surface area contributed by atoms with Gasteiger partial charge in [0.2, 0.25) is 0 Å². The molecule has 0 atom stereocenters. The zero-order valence-electron chi connectivity index (χ0n) is 9.70. The smallest absolute Gasteiger partial charge is 0.146 e. The molecule has 0 saturated carbocycles. The SMILES string of the molecule is Fc1ccccc1NCCSc1cccc(Cl)c1. The van der Waals surface area contributed by atoms with Crippen molar-refractivity contribution in [2.45, 2.75) is 4.90 Å². The third-order valence-electron chi connectivity index (χ3n) is 2.36. The number of rotatable bonds is 5. The maximum atomic E-state index is 13.3. The zero-order valence-corrected chi connectivity index (χ0v) is 11.3. The van der Waals surface area contributed by atoms with E-state index in [9.17, 15) is 4.39 Å². The van der Waals surface area contributed by atoms with Crippen LogP contribution in [0, 0.1) is 5.82 Å². The summed E-state index contributed by atoms with van der Waals surface area (Å²) in [5.41, 5.74) is 0.546. The van der Waals surface area contributed by atoms with Gasteiger partial charge in [-0.05, 0) is 30.3 Å². The summed E-state index contributed by atoms with van der Waals surface area (Å²) in [4.78, 5) is 1.12. The van der Waals surface area contributed by atoms with E-state index in [1.807, 2.05) is 30.3 Å². The molecule has 2 aromatic carbocycles. The van der Waals surface area contributed by atoms with Gasteiger partial charge in [0, 0.05) is 22.2 Å². The van der Waals surface area contributed by atoms with Crippen molar-refractivity contribution >= 4 is 29.1 Å². The van der Waals surface area contributed by atoms with Crippen molar-refractivity contribution in [2.24, 2.45) is 0 Å². The van der Waals surface area contributed by atoms with E-state index in [1.165, 1.54) is 6.07 Å². The first kappa shape index (κ1) is 13.2. The topological polar surface area (TPSA) is 12.0 Å². The van der Waals surface area contributed by atoms with Gasteiger partial charge in [0.05, 0.1) is 5.69 Å². The molecule has 0 amide bonds. The molecule has 2 aromatic rings. The highest BCUT2D eigenvalue weighted by Crippen LogP contribution is 2.21. The Bertz CT molecular complexity index is 519. The molecule has 0 bridgehead atoms. The summed E-state index contributed by atoms with van der Waals surface area (Å²) < 4.78 is 13.3. The van der Waals surface area contributed by atoms with Crippen LogP contribution in [0.15, 0.2) is 53.4 Å². The predicted octanol–water partition coefficient (Wildman–Crippen LogP) is 4.68. The summed E-state index contributed by atoms with van der Waals surface area (Å²) in [6.45, 7) is 0.706. The highest BCUT2D eigenvalue weighted by atomic mass is 35.5. The molecule has 0 fully saturated rings. The lowest BCUT2D eigenvalue weighted by Crippen LogP contribution is -2.05. The van der Waals surface area contributed by atoms with Gasteiger partial charge in [-0.25, -0.2) is 4.39 Å². The Morgan fingerprint density at radius 3 is 2.72 bits per heavy atom. The maximum absolute atomic E-state index is 13.3. The van der Waals surface area contributed by atoms with Gasteiger partial charge in [-0.2, -0.15) is 0 Å². The number of benzene rings is 2. The molecular weight excluding hydrogens is 269 g/mol. The molecule has 0 radical (unpaired) electrons. The van der Waals surface area contributed by atoms with Crippen molar-refractivity contribution in [3.05, 3.63) is 59.4 Å². The highest BCUT2D eigenvalue weighted by Gasteiger charge is 1.99. The monoisotopic (exact) mass is 281 g/mol. The predicted molar refractivity (Wildman–Crippen MR) is 77.1 cm³/mol. The average molecular weight is 282 g/mol. The number of hydrogen-bond acceptors (Lipinski definition) is 2. The number of para-hydroxylation sites is 1. The molecule has 0 aliphatic rings.